The topological polar surface area (TPSA) is 87.5 Å². The molecule has 0 saturated carbocycles. The fraction of sp³-hybridized carbons (Fsp3) is 0.375. The molecule has 0 spiro atoms. The van der Waals surface area contributed by atoms with E-state index in [9.17, 15) is 8.42 Å². The Morgan fingerprint density at radius 1 is 1.27 bits per heavy atom. The monoisotopic (exact) mass is 243 g/mol. The molecule has 82 valence electrons. The smallest absolute Gasteiger partial charge is 0.0267 e. The molecule has 1 aromatic heterocycles. The van der Waals surface area contributed by atoms with Gasteiger partial charge in [0.15, 0.2) is 5.44 Å². The van der Waals surface area contributed by atoms with Crippen molar-refractivity contribution in [3.05, 3.63) is 30.6 Å². The van der Waals surface area contributed by atoms with E-state index in [1.54, 1.807) is 12.4 Å². The SMILES string of the molecule is CCC(O)S(=O)(=O)O.[NaH].c1ccncc1. The van der Waals surface area contributed by atoms with Crippen molar-refractivity contribution in [2.75, 3.05) is 0 Å². The molecule has 0 fully saturated rings. The summed E-state index contributed by atoms with van der Waals surface area (Å²) in [6, 6.07) is 5.72. The third-order valence-electron chi connectivity index (χ3n) is 1.26. The second-order valence-corrected chi connectivity index (χ2v) is 3.98. The van der Waals surface area contributed by atoms with Gasteiger partial charge >= 0.3 is 29.6 Å². The minimum absolute atomic E-state index is 0. The predicted molar refractivity (Wildman–Crippen MR) is 59.2 cm³/mol. The van der Waals surface area contributed by atoms with Gasteiger partial charge in [-0.1, -0.05) is 13.0 Å². The van der Waals surface area contributed by atoms with Crippen LogP contribution >= 0.6 is 0 Å². The number of aromatic nitrogens is 1. The van der Waals surface area contributed by atoms with Crippen molar-refractivity contribution < 1.29 is 18.1 Å². The van der Waals surface area contributed by atoms with E-state index in [0.717, 1.165) is 0 Å². The van der Waals surface area contributed by atoms with E-state index >= 15 is 0 Å². The van der Waals surface area contributed by atoms with E-state index in [2.05, 4.69) is 4.98 Å². The number of rotatable bonds is 2. The summed E-state index contributed by atoms with van der Waals surface area (Å²) in [6.07, 6.45) is 3.51. The van der Waals surface area contributed by atoms with Gasteiger partial charge in [-0.2, -0.15) is 8.42 Å². The van der Waals surface area contributed by atoms with Crippen molar-refractivity contribution in [1.29, 1.82) is 0 Å². The average molecular weight is 243 g/mol. The van der Waals surface area contributed by atoms with Crippen LogP contribution in [0.25, 0.3) is 0 Å². The first kappa shape index (κ1) is 17.4. The number of hydrogen-bond acceptors (Lipinski definition) is 4. The van der Waals surface area contributed by atoms with Gasteiger partial charge in [-0.3, -0.25) is 9.54 Å². The maximum Gasteiger partial charge on any atom is 0.0267 e. The molecule has 0 aliphatic carbocycles. The molecule has 0 bridgehead atoms. The van der Waals surface area contributed by atoms with E-state index in [1.165, 1.54) is 6.92 Å². The van der Waals surface area contributed by atoms with Crippen LogP contribution in [0.15, 0.2) is 30.6 Å². The fourth-order valence-corrected chi connectivity index (χ4v) is 0.944. The molecule has 1 atom stereocenters. The number of aliphatic hydroxyl groups excluding tert-OH is 1. The number of hydrogen-bond donors (Lipinski definition) is 2. The Morgan fingerprint density at radius 2 is 1.73 bits per heavy atom. The van der Waals surface area contributed by atoms with Crippen molar-refractivity contribution in [2.24, 2.45) is 0 Å². The Balaban J connectivity index is 0. The van der Waals surface area contributed by atoms with Crippen LogP contribution in [0.5, 0.6) is 0 Å². The van der Waals surface area contributed by atoms with Crippen LogP contribution in [0.1, 0.15) is 13.3 Å². The summed E-state index contributed by atoms with van der Waals surface area (Å²) in [5.74, 6) is 0. The van der Waals surface area contributed by atoms with Gasteiger partial charge in [-0.15, -0.1) is 0 Å². The third kappa shape index (κ3) is 10.3. The van der Waals surface area contributed by atoms with Crippen LogP contribution in [0.2, 0.25) is 0 Å². The zero-order valence-electron chi connectivity index (χ0n) is 7.74. The van der Waals surface area contributed by atoms with Crippen molar-refractivity contribution in [3.8, 4) is 0 Å². The maximum atomic E-state index is 9.87. The summed E-state index contributed by atoms with van der Waals surface area (Å²) in [5, 5.41) is 8.36. The molecule has 0 aromatic carbocycles. The van der Waals surface area contributed by atoms with Crippen LogP contribution in [0, 0.1) is 0 Å². The van der Waals surface area contributed by atoms with Gasteiger partial charge in [0.1, 0.15) is 0 Å². The molecular weight excluding hydrogens is 229 g/mol. The third-order valence-corrected chi connectivity index (χ3v) is 2.28. The fourth-order valence-electron chi connectivity index (χ4n) is 0.523. The second-order valence-electron chi connectivity index (χ2n) is 2.40. The zero-order chi connectivity index (χ0) is 11.0. The van der Waals surface area contributed by atoms with Gasteiger partial charge in [-0.05, 0) is 18.6 Å². The Kier molecular flexibility index (Phi) is 10.8. The van der Waals surface area contributed by atoms with Gasteiger partial charge in [0.2, 0.25) is 0 Å². The maximum absolute atomic E-state index is 9.87. The average Bonchev–Trinajstić information content (AvgIpc) is 2.19. The standard InChI is InChI=1S/C5H5N.C3H8O4S.Na.H/c1-2-4-6-5-3-1;1-2-3(4)8(5,6)7;;/h1-5H;3-4H,2H2,1H3,(H,5,6,7);;. The normalized spacial score (nSPS) is 11.7. The first-order valence-electron chi connectivity index (χ1n) is 3.97. The second kappa shape index (κ2) is 9.26. The van der Waals surface area contributed by atoms with E-state index in [0.29, 0.717) is 0 Å². The molecule has 1 aromatic rings. The van der Waals surface area contributed by atoms with E-state index in [1.807, 2.05) is 18.2 Å². The van der Waals surface area contributed by atoms with Crippen LogP contribution in [0.3, 0.4) is 0 Å². The molecule has 0 radical (unpaired) electrons. The minimum Gasteiger partial charge on any atom is -0.265 e. The molecule has 2 N–H and O–H groups in total. The summed E-state index contributed by atoms with van der Waals surface area (Å²) in [5.41, 5.74) is -1.62. The molecule has 1 unspecified atom stereocenters. The molecule has 1 rings (SSSR count). The van der Waals surface area contributed by atoms with Crippen molar-refractivity contribution in [3.63, 3.8) is 0 Å². The van der Waals surface area contributed by atoms with Gasteiger partial charge < -0.3 is 5.11 Å². The number of pyridine rings is 1. The van der Waals surface area contributed by atoms with Gasteiger partial charge in [0.05, 0.1) is 0 Å². The molecule has 15 heavy (non-hydrogen) atoms. The summed E-state index contributed by atoms with van der Waals surface area (Å²) >= 11 is 0. The number of nitrogens with zero attached hydrogens (tertiary/aromatic N) is 1. The summed E-state index contributed by atoms with van der Waals surface area (Å²) in [7, 11) is -4.20. The molecule has 5 nitrogen and oxygen atoms in total. The molecule has 0 aliphatic rings. The quantitative estimate of drug-likeness (QED) is 0.565. The first-order chi connectivity index (χ1) is 6.48. The van der Waals surface area contributed by atoms with Crippen LogP contribution in [-0.4, -0.2) is 58.1 Å². The summed E-state index contributed by atoms with van der Waals surface area (Å²) in [6.45, 7) is 1.46. The van der Waals surface area contributed by atoms with Crippen LogP contribution < -0.4 is 0 Å². The molecule has 0 aliphatic heterocycles. The van der Waals surface area contributed by atoms with Crippen molar-refractivity contribution >= 4 is 39.7 Å². The van der Waals surface area contributed by atoms with E-state index < -0.39 is 15.6 Å². The minimum atomic E-state index is -4.20. The van der Waals surface area contributed by atoms with Crippen LogP contribution in [0.4, 0.5) is 0 Å². The predicted octanol–water partition coefficient (Wildman–Crippen LogP) is 0.0357. The van der Waals surface area contributed by atoms with E-state index in [-0.39, 0.29) is 36.0 Å². The summed E-state index contributed by atoms with van der Waals surface area (Å²) in [4.78, 5) is 3.78. The Hall–Kier alpha value is 0.0200. The molecule has 1 heterocycles. The van der Waals surface area contributed by atoms with Gasteiger partial charge in [0.25, 0.3) is 10.1 Å². The molecule has 0 amide bonds. The summed E-state index contributed by atoms with van der Waals surface area (Å²) < 4.78 is 27.7. The molecule has 0 saturated heterocycles. The van der Waals surface area contributed by atoms with Crippen molar-refractivity contribution in [1.82, 2.24) is 4.98 Å². The Bertz CT molecular complexity index is 303. The number of aliphatic hydroxyl groups is 1. The van der Waals surface area contributed by atoms with E-state index in [4.69, 9.17) is 9.66 Å². The van der Waals surface area contributed by atoms with Gasteiger partial charge in [-0.25, -0.2) is 0 Å². The zero-order valence-corrected chi connectivity index (χ0v) is 8.55. The molecule has 7 heteroatoms. The van der Waals surface area contributed by atoms with Gasteiger partial charge in [0, 0.05) is 12.4 Å². The largest absolute Gasteiger partial charge is 0.265 e. The van der Waals surface area contributed by atoms with Crippen molar-refractivity contribution in [2.45, 2.75) is 18.8 Å². The Labute approximate surface area is 112 Å². The molecular formula is C8H14NNaO4S. The Morgan fingerprint density at radius 3 is 1.80 bits per heavy atom. The first-order valence-corrected chi connectivity index (χ1v) is 5.48. The van der Waals surface area contributed by atoms with Crippen LogP contribution in [-0.2, 0) is 10.1 Å².